The second-order valence-corrected chi connectivity index (χ2v) is 2.55. The molecule has 0 aliphatic heterocycles. The Morgan fingerprint density at radius 2 is 2.50 bits per heavy atom. The van der Waals surface area contributed by atoms with Crippen LogP contribution in [0.2, 0.25) is 0 Å². The first-order valence-corrected chi connectivity index (χ1v) is 3.60. The zero-order valence-electron chi connectivity index (χ0n) is 5.56. The fourth-order valence-corrected chi connectivity index (χ4v) is 1.31. The molecule has 0 saturated heterocycles. The van der Waals surface area contributed by atoms with Gasteiger partial charge in [0.25, 0.3) is 0 Å². The van der Waals surface area contributed by atoms with Crippen molar-refractivity contribution >= 4 is 0 Å². The normalized spacial score (nSPS) is 26.9. The molecular weight excluding hydrogens is 96.1 g/mol. The topological polar surface area (TPSA) is 0 Å². The summed E-state index contributed by atoms with van der Waals surface area (Å²) in [6.07, 6.45) is 10.1. The molecule has 1 atom stereocenters. The fourth-order valence-electron chi connectivity index (χ4n) is 1.31. The minimum absolute atomic E-state index is 0.931. The van der Waals surface area contributed by atoms with Gasteiger partial charge in [-0.05, 0) is 25.2 Å². The predicted octanol–water partition coefficient (Wildman–Crippen LogP) is 2.75. The molecule has 0 saturated carbocycles. The molecule has 46 valence electrons. The van der Waals surface area contributed by atoms with E-state index < -0.39 is 0 Å². The highest BCUT2D eigenvalue weighted by atomic mass is 14.1. The second kappa shape index (κ2) is 2.91. The van der Waals surface area contributed by atoms with Crippen LogP contribution in [0.3, 0.4) is 0 Å². The van der Waals surface area contributed by atoms with Gasteiger partial charge in [-0.25, -0.2) is 0 Å². The van der Waals surface area contributed by atoms with Crippen molar-refractivity contribution in [3.63, 3.8) is 0 Å². The van der Waals surface area contributed by atoms with E-state index in [1.165, 1.54) is 25.7 Å². The molecule has 0 N–H and O–H groups in total. The molecule has 0 unspecified atom stereocenters. The van der Waals surface area contributed by atoms with Gasteiger partial charge in [0.15, 0.2) is 0 Å². The fraction of sp³-hybridized carbons (Fsp3) is 0.750. The minimum Gasteiger partial charge on any atom is -0.0882 e. The van der Waals surface area contributed by atoms with Crippen molar-refractivity contribution in [2.24, 2.45) is 5.92 Å². The van der Waals surface area contributed by atoms with Crippen molar-refractivity contribution in [3.8, 4) is 0 Å². The maximum Gasteiger partial charge on any atom is -0.0231 e. The smallest absolute Gasteiger partial charge is 0.0231 e. The van der Waals surface area contributed by atoms with E-state index in [0.717, 1.165) is 5.92 Å². The lowest BCUT2D eigenvalue weighted by Crippen LogP contribution is -1.88. The quantitative estimate of drug-likeness (QED) is 0.479. The Morgan fingerprint density at radius 1 is 1.62 bits per heavy atom. The molecule has 0 heterocycles. The third-order valence-electron chi connectivity index (χ3n) is 1.77. The predicted molar refractivity (Wildman–Crippen MR) is 36.8 cm³/mol. The van der Waals surface area contributed by atoms with Gasteiger partial charge in [0.2, 0.25) is 0 Å². The van der Waals surface area contributed by atoms with E-state index in [9.17, 15) is 0 Å². The third-order valence-corrected chi connectivity index (χ3v) is 1.77. The van der Waals surface area contributed by atoms with Gasteiger partial charge in [-0.3, -0.25) is 0 Å². The van der Waals surface area contributed by atoms with Gasteiger partial charge in [-0.15, -0.1) is 0 Å². The van der Waals surface area contributed by atoms with Crippen LogP contribution in [-0.2, 0) is 0 Å². The largest absolute Gasteiger partial charge is 0.0882 e. The van der Waals surface area contributed by atoms with E-state index in [2.05, 4.69) is 19.1 Å². The highest BCUT2D eigenvalue weighted by Crippen LogP contribution is 2.20. The van der Waals surface area contributed by atoms with Gasteiger partial charge in [0.05, 0.1) is 0 Å². The van der Waals surface area contributed by atoms with Crippen molar-refractivity contribution < 1.29 is 0 Å². The van der Waals surface area contributed by atoms with E-state index >= 15 is 0 Å². The summed E-state index contributed by atoms with van der Waals surface area (Å²) >= 11 is 0. The van der Waals surface area contributed by atoms with Gasteiger partial charge < -0.3 is 0 Å². The molecule has 0 bridgehead atoms. The maximum atomic E-state index is 2.36. The molecule has 0 aromatic heterocycles. The third kappa shape index (κ3) is 1.36. The summed E-state index contributed by atoms with van der Waals surface area (Å²) in [5.74, 6) is 0.931. The van der Waals surface area contributed by atoms with Crippen LogP contribution in [0.4, 0.5) is 0 Å². The lowest BCUT2D eigenvalue weighted by Gasteiger charge is -2.01. The monoisotopic (exact) mass is 110 g/mol. The number of allylic oxidation sites excluding steroid dienone is 2. The number of hydrogen-bond donors (Lipinski definition) is 0. The van der Waals surface area contributed by atoms with Gasteiger partial charge >= 0.3 is 0 Å². The zero-order valence-corrected chi connectivity index (χ0v) is 5.56. The summed E-state index contributed by atoms with van der Waals surface area (Å²) < 4.78 is 0. The van der Waals surface area contributed by atoms with Gasteiger partial charge in [-0.2, -0.15) is 0 Å². The van der Waals surface area contributed by atoms with E-state index in [0.29, 0.717) is 0 Å². The summed E-state index contributed by atoms with van der Waals surface area (Å²) in [7, 11) is 0. The van der Waals surface area contributed by atoms with Crippen LogP contribution in [-0.4, -0.2) is 0 Å². The second-order valence-electron chi connectivity index (χ2n) is 2.55. The Hall–Kier alpha value is -0.260. The molecule has 1 aliphatic rings. The molecule has 1 aliphatic carbocycles. The highest BCUT2D eigenvalue weighted by Gasteiger charge is 2.05. The van der Waals surface area contributed by atoms with Crippen LogP contribution >= 0.6 is 0 Å². The maximum absolute atomic E-state index is 2.36. The van der Waals surface area contributed by atoms with E-state index in [-0.39, 0.29) is 0 Å². The van der Waals surface area contributed by atoms with E-state index in [1.807, 2.05) is 0 Å². The Labute approximate surface area is 51.6 Å². The lowest BCUT2D eigenvalue weighted by molar-refractivity contribution is 0.569. The summed E-state index contributed by atoms with van der Waals surface area (Å²) in [4.78, 5) is 0. The average Bonchev–Trinajstić information content (AvgIpc) is 2.19. The summed E-state index contributed by atoms with van der Waals surface area (Å²) in [6.45, 7) is 2.26. The van der Waals surface area contributed by atoms with E-state index in [4.69, 9.17) is 0 Å². The first-order chi connectivity index (χ1) is 3.93. The molecule has 0 aromatic rings. The van der Waals surface area contributed by atoms with Crippen molar-refractivity contribution in [2.75, 3.05) is 0 Å². The molecule has 8 heavy (non-hydrogen) atoms. The molecule has 0 fully saturated rings. The molecule has 0 amide bonds. The molecule has 0 aromatic carbocycles. The molecule has 0 heteroatoms. The van der Waals surface area contributed by atoms with Gasteiger partial charge in [0.1, 0.15) is 0 Å². The van der Waals surface area contributed by atoms with Crippen molar-refractivity contribution in [3.05, 3.63) is 12.2 Å². The highest BCUT2D eigenvalue weighted by molar-refractivity contribution is 4.95. The first kappa shape index (κ1) is 5.87. The molecule has 0 spiro atoms. The van der Waals surface area contributed by atoms with Crippen molar-refractivity contribution in [1.29, 1.82) is 0 Å². The minimum atomic E-state index is 0.931. The SMILES string of the molecule is CCC[C@H]1C=CCC1. The summed E-state index contributed by atoms with van der Waals surface area (Å²) in [5, 5.41) is 0. The van der Waals surface area contributed by atoms with E-state index in [1.54, 1.807) is 0 Å². The van der Waals surface area contributed by atoms with Crippen LogP contribution in [0.1, 0.15) is 32.6 Å². The standard InChI is InChI=1S/C8H14/c1-2-5-8-6-3-4-7-8/h3,6,8H,2,4-5,7H2,1H3/t8-/m0/s1. The van der Waals surface area contributed by atoms with Crippen LogP contribution < -0.4 is 0 Å². The van der Waals surface area contributed by atoms with Crippen LogP contribution in [0.25, 0.3) is 0 Å². The lowest BCUT2D eigenvalue weighted by atomic mass is 10.0. The Kier molecular flexibility index (Phi) is 2.13. The van der Waals surface area contributed by atoms with Gasteiger partial charge in [0, 0.05) is 0 Å². The van der Waals surface area contributed by atoms with Crippen LogP contribution in [0.15, 0.2) is 12.2 Å². The average molecular weight is 110 g/mol. The number of hydrogen-bond acceptors (Lipinski definition) is 0. The zero-order chi connectivity index (χ0) is 5.82. The molecule has 1 rings (SSSR count). The van der Waals surface area contributed by atoms with Crippen LogP contribution in [0.5, 0.6) is 0 Å². The number of rotatable bonds is 2. The van der Waals surface area contributed by atoms with Crippen LogP contribution in [0, 0.1) is 5.92 Å². The summed E-state index contributed by atoms with van der Waals surface area (Å²) in [5.41, 5.74) is 0. The molecule has 0 nitrogen and oxygen atoms in total. The Balaban J connectivity index is 2.16. The van der Waals surface area contributed by atoms with Crippen molar-refractivity contribution in [2.45, 2.75) is 32.6 Å². The first-order valence-electron chi connectivity index (χ1n) is 3.60. The Bertz CT molecular complexity index is 82.0. The Morgan fingerprint density at radius 3 is 3.00 bits per heavy atom. The van der Waals surface area contributed by atoms with Crippen molar-refractivity contribution in [1.82, 2.24) is 0 Å². The van der Waals surface area contributed by atoms with Gasteiger partial charge in [-0.1, -0.05) is 25.5 Å². The molecular formula is C8H14. The molecule has 0 radical (unpaired) electrons. The summed E-state index contributed by atoms with van der Waals surface area (Å²) in [6, 6.07) is 0.